The summed E-state index contributed by atoms with van der Waals surface area (Å²) < 4.78 is 33.1. The Morgan fingerprint density at radius 2 is 1.06 bits per heavy atom. The second-order valence-electron chi connectivity index (χ2n) is 13.5. The van der Waals surface area contributed by atoms with Crippen molar-refractivity contribution in [2.75, 3.05) is 26.4 Å². The number of hydrogen-bond donors (Lipinski definition) is 2. The largest absolute Gasteiger partial charge is 0.498 e. The van der Waals surface area contributed by atoms with Crippen LogP contribution in [0, 0.1) is 0 Å². The average molecular weight is 776 g/mol. The van der Waals surface area contributed by atoms with Gasteiger partial charge in [-0.05, 0) is 63.9 Å². The Kier molecular flexibility index (Phi) is 39.8. The van der Waals surface area contributed by atoms with Gasteiger partial charge in [0.05, 0.1) is 19.5 Å². The molecule has 9 heteroatoms. The number of allylic oxidation sites excluding steroid dienone is 13. The van der Waals surface area contributed by atoms with Crippen molar-refractivity contribution in [2.45, 2.75) is 168 Å². The highest BCUT2D eigenvalue weighted by molar-refractivity contribution is 7.47. The van der Waals surface area contributed by atoms with Crippen LogP contribution in [0.3, 0.4) is 0 Å². The molecule has 0 aromatic rings. The van der Waals surface area contributed by atoms with E-state index in [9.17, 15) is 14.3 Å². The van der Waals surface area contributed by atoms with Gasteiger partial charge in [-0.1, -0.05) is 170 Å². The molecule has 0 aliphatic carbocycles. The Hall–Kier alpha value is -2.48. The lowest BCUT2D eigenvalue weighted by Crippen LogP contribution is -2.27. The van der Waals surface area contributed by atoms with Gasteiger partial charge in [-0.15, -0.1) is 0 Å². The minimum atomic E-state index is -4.32. The normalized spacial score (nSPS) is 14.3. The quantitative estimate of drug-likeness (QED) is 0.0208. The first-order chi connectivity index (χ1) is 26.4. The fourth-order valence-electron chi connectivity index (χ4n) is 5.34. The molecule has 0 fully saturated rings. The first-order valence-corrected chi connectivity index (χ1v) is 22.6. The van der Waals surface area contributed by atoms with Gasteiger partial charge in [0.15, 0.2) is 6.10 Å². The van der Waals surface area contributed by atoms with Crippen molar-refractivity contribution in [2.24, 2.45) is 5.73 Å². The zero-order valence-electron chi connectivity index (χ0n) is 34.2. The van der Waals surface area contributed by atoms with Gasteiger partial charge in [0, 0.05) is 13.0 Å². The summed E-state index contributed by atoms with van der Waals surface area (Å²) in [7, 11) is -4.32. The maximum absolute atomic E-state index is 12.5. The molecule has 1 unspecified atom stereocenters. The maximum atomic E-state index is 12.5. The van der Waals surface area contributed by atoms with Crippen LogP contribution in [0.2, 0.25) is 0 Å². The molecule has 0 aliphatic heterocycles. The van der Waals surface area contributed by atoms with Gasteiger partial charge < -0.3 is 20.1 Å². The summed E-state index contributed by atoms with van der Waals surface area (Å²) in [6.07, 6.45) is 54.2. The number of carbonyl (C=O) groups is 1. The summed E-state index contributed by atoms with van der Waals surface area (Å²) >= 11 is 0. The van der Waals surface area contributed by atoms with Gasteiger partial charge >= 0.3 is 13.8 Å². The second-order valence-corrected chi connectivity index (χ2v) is 15.0. The zero-order chi connectivity index (χ0) is 39.5. The molecule has 0 amide bonds. The van der Waals surface area contributed by atoms with Crippen LogP contribution in [0.5, 0.6) is 0 Å². The molecule has 0 bridgehead atoms. The molecule has 310 valence electrons. The third-order valence-corrected chi connectivity index (χ3v) is 9.39. The molecule has 2 atom stereocenters. The van der Waals surface area contributed by atoms with E-state index in [1.54, 1.807) is 6.26 Å². The summed E-state index contributed by atoms with van der Waals surface area (Å²) in [5.41, 5.74) is 5.35. The number of nitrogens with two attached hydrogens (primary N) is 1. The van der Waals surface area contributed by atoms with E-state index in [0.717, 1.165) is 51.4 Å². The molecule has 0 aliphatic rings. The van der Waals surface area contributed by atoms with E-state index in [1.165, 1.54) is 83.5 Å². The van der Waals surface area contributed by atoms with Crippen molar-refractivity contribution in [1.29, 1.82) is 0 Å². The summed E-state index contributed by atoms with van der Waals surface area (Å²) in [5, 5.41) is 0. The van der Waals surface area contributed by atoms with E-state index in [4.69, 9.17) is 24.3 Å². The Bertz CT molecular complexity index is 1100. The lowest BCUT2D eigenvalue weighted by Gasteiger charge is -2.19. The highest BCUT2D eigenvalue weighted by Gasteiger charge is 2.25. The minimum Gasteiger partial charge on any atom is -0.498 e. The maximum Gasteiger partial charge on any atom is 0.472 e. The summed E-state index contributed by atoms with van der Waals surface area (Å²) in [6, 6.07) is 0. The van der Waals surface area contributed by atoms with Crippen molar-refractivity contribution in [1.82, 2.24) is 0 Å². The van der Waals surface area contributed by atoms with E-state index in [2.05, 4.69) is 74.6 Å². The molecule has 0 spiro atoms. The zero-order valence-corrected chi connectivity index (χ0v) is 35.1. The van der Waals surface area contributed by atoms with Crippen molar-refractivity contribution in [3.63, 3.8) is 0 Å². The molecular formula is C45H78NO7P. The van der Waals surface area contributed by atoms with Crippen LogP contribution in [-0.4, -0.2) is 43.3 Å². The second kappa shape index (κ2) is 41.7. The van der Waals surface area contributed by atoms with Crippen LogP contribution in [0.1, 0.15) is 162 Å². The van der Waals surface area contributed by atoms with Gasteiger partial charge in [-0.2, -0.15) is 0 Å². The fourth-order valence-corrected chi connectivity index (χ4v) is 6.11. The first kappa shape index (κ1) is 51.5. The number of rotatable bonds is 39. The Morgan fingerprint density at radius 3 is 1.54 bits per heavy atom. The van der Waals surface area contributed by atoms with Crippen LogP contribution in [0.15, 0.2) is 85.3 Å². The summed E-state index contributed by atoms with van der Waals surface area (Å²) in [4.78, 5) is 22.4. The molecule has 54 heavy (non-hydrogen) atoms. The van der Waals surface area contributed by atoms with Crippen molar-refractivity contribution in [3.8, 4) is 0 Å². The van der Waals surface area contributed by atoms with Gasteiger partial charge in [-0.25, -0.2) is 4.57 Å². The Labute approximate surface area is 330 Å². The van der Waals surface area contributed by atoms with Crippen LogP contribution >= 0.6 is 7.82 Å². The highest BCUT2D eigenvalue weighted by Crippen LogP contribution is 2.43. The Morgan fingerprint density at radius 1 is 0.593 bits per heavy atom. The van der Waals surface area contributed by atoms with Gasteiger partial charge in [0.1, 0.15) is 6.61 Å². The summed E-state index contributed by atoms with van der Waals surface area (Å²) in [6.45, 7) is 4.03. The molecule has 0 aromatic carbocycles. The lowest BCUT2D eigenvalue weighted by atomic mass is 10.0. The molecular weight excluding hydrogens is 697 g/mol. The topological polar surface area (TPSA) is 117 Å². The number of phosphoric ester groups is 1. The van der Waals surface area contributed by atoms with Gasteiger partial charge in [0.25, 0.3) is 0 Å². The average Bonchev–Trinajstić information content (AvgIpc) is 3.16. The van der Waals surface area contributed by atoms with E-state index < -0.39 is 19.9 Å². The van der Waals surface area contributed by atoms with Crippen molar-refractivity contribution >= 4 is 13.8 Å². The number of phosphoric acid groups is 1. The van der Waals surface area contributed by atoms with Crippen LogP contribution in [0.4, 0.5) is 0 Å². The lowest BCUT2D eigenvalue weighted by molar-refractivity contribution is -0.153. The third-order valence-electron chi connectivity index (χ3n) is 8.40. The van der Waals surface area contributed by atoms with E-state index >= 15 is 0 Å². The molecule has 8 nitrogen and oxygen atoms in total. The molecule has 0 heterocycles. The van der Waals surface area contributed by atoms with E-state index in [0.29, 0.717) is 6.42 Å². The van der Waals surface area contributed by atoms with E-state index in [-0.39, 0.29) is 32.8 Å². The molecule has 0 saturated heterocycles. The number of ether oxygens (including phenoxy) is 2. The molecule has 0 rings (SSSR count). The van der Waals surface area contributed by atoms with Crippen LogP contribution < -0.4 is 5.73 Å². The monoisotopic (exact) mass is 776 g/mol. The van der Waals surface area contributed by atoms with Crippen molar-refractivity contribution < 1.29 is 32.8 Å². The summed E-state index contributed by atoms with van der Waals surface area (Å²) in [5.74, 6) is -0.436. The SMILES string of the molecule is CCC=CCC=CCC=CCC=CCC=CCC=CCCC(=O)O[C@H](COC=CCCCCCCCCCCCCCCCC)COP(=O)(O)OCCN. The number of esters is 1. The number of unbranched alkanes of at least 4 members (excludes halogenated alkanes) is 14. The fraction of sp³-hybridized carbons (Fsp3) is 0.667. The first-order valence-electron chi connectivity index (χ1n) is 21.1. The van der Waals surface area contributed by atoms with Gasteiger partial charge in [-0.3, -0.25) is 13.8 Å². The van der Waals surface area contributed by atoms with E-state index in [1.807, 2.05) is 18.2 Å². The highest BCUT2D eigenvalue weighted by atomic mass is 31.2. The third kappa shape index (κ3) is 40.7. The molecule has 0 aromatic heterocycles. The van der Waals surface area contributed by atoms with Crippen molar-refractivity contribution in [3.05, 3.63) is 85.3 Å². The van der Waals surface area contributed by atoms with Crippen LogP contribution in [0.25, 0.3) is 0 Å². The molecule has 0 radical (unpaired) electrons. The smallest absolute Gasteiger partial charge is 0.472 e. The minimum absolute atomic E-state index is 0.00220. The predicted molar refractivity (Wildman–Crippen MR) is 228 cm³/mol. The van der Waals surface area contributed by atoms with Gasteiger partial charge in [0.2, 0.25) is 0 Å². The number of carbonyl (C=O) groups excluding carboxylic acids is 1. The molecule has 0 saturated carbocycles. The van der Waals surface area contributed by atoms with Crippen LogP contribution in [-0.2, 0) is 27.9 Å². The Balaban J connectivity index is 4.25. The standard InChI is InChI=1S/C45H78NO7P/c1-3-5-7-9-11-13-15-17-19-21-22-23-24-26-28-30-32-34-36-38-45(47)53-44(43-52-54(48,49)51-41-39-46)42-50-40-37-35-33-31-29-27-25-20-18-16-14-12-10-8-6-4-2/h5,7,11,13,17,19,22-23,26,28,32,34,37,40,44H,3-4,6,8-10,12,14-16,18,20-21,24-25,27,29-31,33,35-36,38-39,41-43,46H2,1-2H3,(H,48,49)/t44-/m1/s1. The number of hydrogen-bond acceptors (Lipinski definition) is 7. The molecule has 3 N–H and O–H groups in total. The predicted octanol–water partition coefficient (Wildman–Crippen LogP) is 12.9.